The first-order valence-corrected chi connectivity index (χ1v) is 11.0. The first kappa shape index (κ1) is 21.6. The third-order valence-corrected chi connectivity index (χ3v) is 5.92. The van der Waals surface area contributed by atoms with Crippen molar-refractivity contribution >= 4 is 11.9 Å². The topological polar surface area (TPSA) is 77.2 Å². The number of carbonyl (C=O) groups excluding carboxylic acids is 1. The van der Waals surface area contributed by atoms with Crippen molar-refractivity contribution in [2.75, 3.05) is 58.9 Å². The number of aromatic nitrogens is 1. The molecule has 1 aromatic rings. The van der Waals surface area contributed by atoms with E-state index in [0.717, 1.165) is 81.6 Å². The number of likely N-dealkylation sites (tertiary alicyclic amines) is 1. The summed E-state index contributed by atoms with van der Waals surface area (Å²) in [5.74, 6) is 2.38. The molecule has 29 heavy (non-hydrogen) atoms. The minimum Gasteiger partial charge on any atom is -0.361 e. The van der Waals surface area contributed by atoms with Crippen LogP contribution in [0.5, 0.6) is 0 Å². The van der Waals surface area contributed by atoms with Gasteiger partial charge in [0, 0.05) is 63.8 Å². The van der Waals surface area contributed by atoms with Crippen molar-refractivity contribution in [2.45, 2.75) is 46.5 Å². The zero-order valence-corrected chi connectivity index (χ0v) is 18.4. The van der Waals surface area contributed by atoms with Gasteiger partial charge >= 0.3 is 0 Å². The summed E-state index contributed by atoms with van der Waals surface area (Å²) >= 11 is 0. The molecule has 2 aliphatic rings. The number of guanidine groups is 1. The Morgan fingerprint density at radius 2 is 1.83 bits per heavy atom. The summed E-state index contributed by atoms with van der Waals surface area (Å²) in [6.45, 7) is 15.7. The van der Waals surface area contributed by atoms with Crippen molar-refractivity contribution < 1.29 is 9.32 Å². The highest BCUT2D eigenvalue weighted by Crippen LogP contribution is 2.23. The Hall–Kier alpha value is -2.09. The SMILES string of the molecule is CCNC(=NCC(C)c1c(C)noc1C)N1CCN(CC(=O)N2CCCC2)CC1. The van der Waals surface area contributed by atoms with E-state index < -0.39 is 0 Å². The molecule has 0 radical (unpaired) electrons. The molecule has 2 saturated heterocycles. The van der Waals surface area contributed by atoms with Crippen LogP contribution in [0.15, 0.2) is 9.52 Å². The molecule has 3 heterocycles. The molecule has 1 unspecified atom stereocenters. The van der Waals surface area contributed by atoms with E-state index >= 15 is 0 Å². The minimum absolute atomic E-state index is 0.259. The zero-order chi connectivity index (χ0) is 20.8. The molecule has 3 rings (SSSR count). The summed E-state index contributed by atoms with van der Waals surface area (Å²) in [7, 11) is 0. The molecule has 8 heteroatoms. The molecule has 1 atom stereocenters. The van der Waals surface area contributed by atoms with Crippen LogP contribution < -0.4 is 5.32 Å². The Morgan fingerprint density at radius 3 is 2.41 bits per heavy atom. The molecule has 2 aliphatic heterocycles. The Bertz CT molecular complexity index is 683. The van der Waals surface area contributed by atoms with Crippen LogP contribution in [0, 0.1) is 13.8 Å². The lowest BCUT2D eigenvalue weighted by atomic mass is 10.00. The third kappa shape index (κ3) is 5.50. The van der Waals surface area contributed by atoms with Crippen molar-refractivity contribution in [2.24, 2.45) is 4.99 Å². The lowest BCUT2D eigenvalue weighted by molar-refractivity contribution is -0.131. The molecule has 0 bridgehead atoms. The Kier molecular flexibility index (Phi) is 7.52. The molecule has 0 spiro atoms. The van der Waals surface area contributed by atoms with Crippen LogP contribution in [0.2, 0.25) is 0 Å². The summed E-state index contributed by atoms with van der Waals surface area (Å²) in [5, 5.41) is 7.49. The van der Waals surface area contributed by atoms with Crippen molar-refractivity contribution in [3.8, 4) is 0 Å². The van der Waals surface area contributed by atoms with Gasteiger partial charge in [-0.2, -0.15) is 0 Å². The maximum atomic E-state index is 12.4. The largest absolute Gasteiger partial charge is 0.361 e. The number of carbonyl (C=O) groups is 1. The number of amides is 1. The van der Waals surface area contributed by atoms with E-state index in [0.29, 0.717) is 13.1 Å². The predicted octanol–water partition coefficient (Wildman–Crippen LogP) is 1.60. The second-order valence-corrected chi connectivity index (χ2v) is 8.18. The van der Waals surface area contributed by atoms with Gasteiger partial charge < -0.3 is 19.6 Å². The smallest absolute Gasteiger partial charge is 0.236 e. The van der Waals surface area contributed by atoms with Gasteiger partial charge in [-0.05, 0) is 33.6 Å². The van der Waals surface area contributed by atoms with E-state index in [1.54, 1.807) is 0 Å². The van der Waals surface area contributed by atoms with Gasteiger partial charge in [0.2, 0.25) is 5.91 Å². The normalized spacial score (nSPS) is 19.7. The zero-order valence-electron chi connectivity index (χ0n) is 18.4. The van der Waals surface area contributed by atoms with E-state index in [9.17, 15) is 4.79 Å². The Labute approximate surface area is 174 Å². The fourth-order valence-electron chi connectivity index (χ4n) is 4.31. The first-order valence-electron chi connectivity index (χ1n) is 11.0. The number of aryl methyl sites for hydroxylation is 2. The van der Waals surface area contributed by atoms with Gasteiger partial charge in [0.1, 0.15) is 5.76 Å². The molecule has 1 amide bonds. The lowest BCUT2D eigenvalue weighted by Crippen LogP contribution is -2.54. The van der Waals surface area contributed by atoms with Gasteiger partial charge in [-0.15, -0.1) is 0 Å². The number of nitrogens with zero attached hydrogens (tertiary/aromatic N) is 5. The van der Waals surface area contributed by atoms with E-state index in [-0.39, 0.29) is 11.8 Å². The molecule has 1 N–H and O–H groups in total. The molecule has 2 fully saturated rings. The molecule has 0 aromatic carbocycles. The summed E-state index contributed by atoms with van der Waals surface area (Å²) < 4.78 is 5.31. The van der Waals surface area contributed by atoms with E-state index in [1.165, 1.54) is 0 Å². The highest BCUT2D eigenvalue weighted by atomic mass is 16.5. The van der Waals surface area contributed by atoms with Gasteiger partial charge in [0.15, 0.2) is 5.96 Å². The van der Waals surface area contributed by atoms with Gasteiger partial charge in [-0.25, -0.2) is 0 Å². The first-order chi connectivity index (χ1) is 14.0. The van der Waals surface area contributed by atoms with Gasteiger partial charge in [0.05, 0.1) is 12.2 Å². The van der Waals surface area contributed by atoms with Crippen molar-refractivity contribution in [1.82, 2.24) is 25.2 Å². The highest BCUT2D eigenvalue weighted by Gasteiger charge is 2.25. The maximum absolute atomic E-state index is 12.4. The van der Waals surface area contributed by atoms with Crippen LogP contribution in [0.25, 0.3) is 0 Å². The van der Waals surface area contributed by atoms with Crippen LogP contribution in [-0.2, 0) is 4.79 Å². The molecule has 0 saturated carbocycles. The number of aliphatic imine (C=N–C) groups is 1. The highest BCUT2D eigenvalue weighted by molar-refractivity contribution is 5.80. The van der Waals surface area contributed by atoms with Gasteiger partial charge in [0.25, 0.3) is 0 Å². The van der Waals surface area contributed by atoms with Gasteiger partial charge in [-0.3, -0.25) is 14.7 Å². The van der Waals surface area contributed by atoms with Crippen molar-refractivity contribution in [1.29, 1.82) is 0 Å². The molecule has 162 valence electrons. The summed E-state index contributed by atoms with van der Waals surface area (Å²) in [6.07, 6.45) is 2.29. The van der Waals surface area contributed by atoms with E-state index in [1.807, 2.05) is 18.7 Å². The molecule has 1 aromatic heterocycles. The summed E-state index contributed by atoms with van der Waals surface area (Å²) in [5.41, 5.74) is 2.11. The molecule has 0 aliphatic carbocycles. The predicted molar refractivity (Wildman–Crippen MR) is 114 cm³/mol. The summed E-state index contributed by atoms with van der Waals surface area (Å²) in [4.78, 5) is 23.9. The Balaban J connectivity index is 1.53. The number of nitrogens with one attached hydrogen (secondary N) is 1. The van der Waals surface area contributed by atoms with Crippen LogP contribution in [0.4, 0.5) is 0 Å². The van der Waals surface area contributed by atoms with Crippen LogP contribution >= 0.6 is 0 Å². The maximum Gasteiger partial charge on any atom is 0.236 e. The fraction of sp³-hybridized carbons (Fsp3) is 0.762. The van der Waals surface area contributed by atoms with E-state index in [2.05, 4.69) is 34.1 Å². The van der Waals surface area contributed by atoms with Crippen LogP contribution in [-0.4, -0.2) is 90.6 Å². The minimum atomic E-state index is 0.259. The fourth-order valence-corrected chi connectivity index (χ4v) is 4.31. The number of piperazine rings is 1. The average Bonchev–Trinajstić information content (AvgIpc) is 3.36. The lowest BCUT2D eigenvalue weighted by Gasteiger charge is -2.36. The number of rotatable bonds is 6. The van der Waals surface area contributed by atoms with Crippen LogP contribution in [0.1, 0.15) is 49.6 Å². The number of hydrogen-bond donors (Lipinski definition) is 1. The van der Waals surface area contributed by atoms with Gasteiger partial charge in [-0.1, -0.05) is 12.1 Å². The molecular weight excluding hydrogens is 368 g/mol. The second-order valence-electron chi connectivity index (χ2n) is 8.18. The average molecular weight is 405 g/mol. The number of hydrogen-bond acceptors (Lipinski definition) is 5. The third-order valence-electron chi connectivity index (χ3n) is 5.92. The second kappa shape index (κ2) is 10.1. The Morgan fingerprint density at radius 1 is 1.14 bits per heavy atom. The molecular formula is C21H36N6O2. The van der Waals surface area contributed by atoms with Crippen LogP contribution in [0.3, 0.4) is 0 Å². The monoisotopic (exact) mass is 404 g/mol. The standard InChI is InChI=1S/C21H36N6O2/c1-5-22-21(23-14-16(2)20-17(3)24-29-18(20)4)27-12-10-25(11-13-27)15-19(28)26-8-6-7-9-26/h16H,5-15H2,1-4H3,(H,22,23). The molecule has 8 nitrogen and oxygen atoms in total. The summed E-state index contributed by atoms with van der Waals surface area (Å²) in [6, 6.07) is 0. The quantitative estimate of drug-likeness (QED) is 0.573. The van der Waals surface area contributed by atoms with Crippen molar-refractivity contribution in [3.63, 3.8) is 0 Å². The van der Waals surface area contributed by atoms with Crippen molar-refractivity contribution in [3.05, 3.63) is 17.0 Å². The van der Waals surface area contributed by atoms with E-state index in [4.69, 9.17) is 9.52 Å².